The molecule has 4 rings (SSSR count). The first-order valence-corrected chi connectivity index (χ1v) is 7.34. The quantitative estimate of drug-likeness (QED) is 0.454. The third-order valence-electron chi connectivity index (χ3n) is 4.15. The summed E-state index contributed by atoms with van der Waals surface area (Å²) in [5, 5.41) is 2.47. The number of fused-ring (bicyclic) bond motifs is 4. The monoisotopic (exact) mass is 292 g/mol. The molecular formula is C19H16O3. The third-order valence-corrected chi connectivity index (χ3v) is 4.15. The highest BCUT2D eigenvalue weighted by Gasteiger charge is 2.25. The molecule has 0 radical (unpaired) electrons. The maximum absolute atomic E-state index is 12.2. The minimum Gasteiger partial charge on any atom is -0.483 e. The summed E-state index contributed by atoms with van der Waals surface area (Å²) in [5.74, 6) is 0.790. The topological polar surface area (TPSA) is 39.4 Å². The Kier molecular flexibility index (Phi) is 2.52. The van der Waals surface area contributed by atoms with Crippen molar-refractivity contribution in [3.05, 3.63) is 58.0 Å². The van der Waals surface area contributed by atoms with Gasteiger partial charge in [0.05, 0.1) is 5.39 Å². The van der Waals surface area contributed by atoms with Crippen LogP contribution in [-0.4, -0.2) is 5.60 Å². The molecule has 1 aliphatic rings. The maximum atomic E-state index is 12.2. The second-order valence-electron chi connectivity index (χ2n) is 6.27. The van der Waals surface area contributed by atoms with Crippen LogP contribution in [0.25, 0.3) is 27.8 Å². The summed E-state index contributed by atoms with van der Waals surface area (Å²) in [4.78, 5) is 12.2. The number of rotatable bonds is 0. The molecule has 0 fully saturated rings. The van der Waals surface area contributed by atoms with E-state index in [1.165, 1.54) is 0 Å². The molecule has 0 aliphatic carbocycles. The molecule has 1 aliphatic heterocycles. The van der Waals surface area contributed by atoms with Gasteiger partial charge in [0, 0.05) is 16.5 Å². The predicted molar refractivity (Wildman–Crippen MR) is 88.5 cm³/mol. The Morgan fingerprint density at radius 2 is 1.77 bits per heavy atom. The minimum absolute atomic E-state index is 0.309. The summed E-state index contributed by atoms with van der Waals surface area (Å²) in [5.41, 5.74) is 1.82. The van der Waals surface area contributed by atoms with E-state index in [4.69, 9.17) is 9.15 Å². The van der Waals surface area contributed by atoms with Gasteiger partial charge in [-0.25, -0.2) is 4.79 Å². The summed E-state index contributed by atoms with van der Waals surface area (Å²) in [7, 11) is 0. The third kappa shape index (κ3) is 1.78. The molecule has 0 amide bonds. The Hall–Kier alpha value is -2.55. The van der Waals surface area contributed by atoms with E-state index in [2.05, 4.69) is 6.08 Å². The van der Waals surface area contributed by atoms with Crippen LogP contribution in [0.5, 0.6) is 5.75 Å². The van der Waals surface area contributed by atoms with Crippen molar-refractivity contribution in [3.8, 4) is 5.75 Å². The van der Waals surface area contributed by atoms with Gasteiger partial charge in [0.1, 0.15) is 16.9 Å². The number of hydrogen-bond donors (Lipinski definition) is 0. The first-order valence-electron chi connectivity index (χ1n) is 7.34. The van der Waals surface area contributed by atoms with E-state index in [-0.39, 0.29) is 11.2 Å². The van der Waals surface area contributed by atoms with Crippen LogP contribution < -0.4 is 10.4 Å². The summed E-state index contributed by atoms with van der Waals surface area (Å²) < 4.78 is 11.6. The van der Waals surface area contributed by atoms with Crippen LogP contribution in [0.2, 0.25) is 0 Å². The molecule has 0 saturated carbocycles. The second-order valence-corrected chi connectivity index (χ2v) is 6.27. The number of hydrogen-bond acceptors (Lipinski definition) is 3. The Labute approximate surface area is 127 Å². The zero-order chi connectivity index (χ0) is 15.5. The van der Waals surface area contributed by atoms with Crippen LogP contribution in [0.1, 0.15) is 25.0 Å². The van der Waals surface area contributed by atoms with Crippen LogP contribution in [-0.2, 0) is 0 Å². The van der Waals surface area contributed by atoms with E-state index in [9.17, 15) is 4.79 Å². The van der Waals surface area contributed by atoms with Crippen molar-refractivity contribution in [3.63, 3.8) is 0 Å². The SMILES string of the molecule is Cc1c2c(cc3c1oc(=O)c1ccccc13)C=CC(C)(C)O2. The average molecular weight is 292 g/mol. The van der Waals surface area contributed by atoms with Gasteiger partial charge in [-0.2, -0.15) is 0 Å². The van der Waals surface area contributed by atoms with E-state index in [0.717, 1.165) is 27.6 Å². The molecule has 2 heterocycles. The Balaban J connectivity index is 2.18. The standard InChI is InChI=1S/C19H16O3/c1-11-16-12(8-9-19(2,3)22-16)10-15-13-6-4-5-7-14(13)18(20)21-17(11)15/h4-10H,1-3H3. The van der Waals surface area contributed by atoms with Gasteiger partial charge in [0.15, 0.2) is 0 Å². The van der Waals surface area contributed by atoms with Crippen molar-refractivity contribution in [2.45, 2.75) is 26.4 Å². The molecule has 0 atom stereocenters. The predicted octanol–water partition coefficient (Wildman–Crippen LogP) is 4.44. The smallest absolute Gasteiger partial charge is 0.344 e. The molecule has 2 aromatic carbocycles. The van der Waals surface area contributed by atoms with Gasteiger partial charge >= 0.3 is 5.63 Å². The lowest BCUT2D eigenvalue weighted by molar-refractivity contribution is 0.158. The van der Waals surface area contributed by atoms with Gasteiger partial charge in [-0.3, -0.25) is 0 Å². The molecule has 0 saturated heterocycles. The molecule has 3 aromatic rings. The molecule has 1 aromatic heterocycles. The van der Waals surface area contributed by atoms with E-state index in [1.807, 2.05) is 51.1 Å². The first-order chi connectivity index (χ1) is 10.5. The highest BCUT2D eigenvalue weighted by Crippen LogP contribution is 2.39. The summed E-state index contributed by atoms with van der Waals surface area (Å²) in [6.07, 6.45) is 4.12. The largest absolute Gasteiger partial charge is 0.483 e. The molecular weight excluding hydrogens is 276 g/mol. The number of benzene rings is 2. The highest BCUT2D eigenvalue weighted by molar-refractivity contribution is 6.06. The maximum Gasteiger partial charge on any atom is 0.344 e. The lowest BCUT2D eigenvalue weighted by Crippen LogP contribution is -2.28. The fourth-order valence-electron chi connectivity index (χ4n) is 3.03. The van der Waals surface area contributed by atoms with E-state index >= 15 is 0 Å². The van der Waals surface area contributed by atoms with Gasteiger partial charge < -0.3 is 9.15 Å². The molecule has 0 spiro atoms. The average Bonchev–Trinajstić information content (AvgIpc) is 2.49. The lowest BCUT2D eigenvalue weighted by atomic mass is 9.96. The molecule has 110 valence electrons. The summed E-state index contributed by atoms with van der Waals surface area (Å²) in [6, 6.07) is 9.57. The summed E-state index contributed by atoms with van der Waals surface area (Å²) >= 11 is 0. The van der Waals surface area contributed by atoms with Crippen LogP contribution in [0, 0.1) is 6.92 Å². The zero-order valence-electron chi connectivity index (χ0n) is 12.8. The molecule has 22 heavy (non-hydrogen) atoms. The lowest BCUT2D eigenvalue weighted by Gasteiger charge is -2.29. The van der Waals surface area contributed by atoms with Crippen molar-refractivity contribution in [1.29, 1.82) is 0 Å². The van der Waals surface area contributed by atoms with E-state index in [0.29, 0.717) is 11.0 Å². The first kappa shape index (κ1) is 13.1. The van der Waals surface area contributed by atoms with Gasteiger partial charge in [0.25, 0.3) is 0 Å². The van der Waals surface area contributed by atoms with Crippen molar-refractivity contribution < 1.29 is 9.15 Å². The second kappa shape index (κ2) is 4.23. The van der Waals surface area contributed by atoms with E-state index < -0.39 is 0 Å². The normalized spacial score (nSPS) is 15.8. The minimum atomic E-state index is -0.359. The van der Waals surface area contributed by atoms with Crippen molar-refractivity contribution in [1.82, 2.24) is 0 Å². The Morgan fingerprint density at radius 3 is 2.55 bits per heavy atom. The highest BCUT2D eigenvalue weighted by atomic mass is 16.5. The van der Waals surface area contributed by atoms with Crippen molar-refractivity contribution >= 4 is 27.8 Å². The van der Waals surface area contributed by atoms with Crippen molar-refractivity contribution in [2.24, 2.45) is 0 Å². The molecule has 0 unspecified atom stereocenters. The van der Waals surface area contributed by atoms with Gasteiger partial charge in [-0.05, 0) is 44.4 Å². The van der Waals surface area contributed by atoms with Crippen LogP contribution in [0.3, 0.4) is 0 Å². The molecule has 3 heteroatoms. The fraction of sp³-hybridized carbons (Fsp3) is 0.211. The van der Waals surface area contributed by atoms with Crippen LogP contribution in [0.15, 0.2) is 45.6 Å². The Morgan fingerprint density at radius 1 is 1.05 bits per heavy atom. The summed E-state index contributed by atoms with van der Waals surface area (Å²) in [6.45, 7) is 5.95. The molecule has 0 N–H and O–H groups in total. The fourth-order valence-corrected chi connectivity index (χ4v) is 3.03. The number of aryl methyl sites for hydroxylation is 1. The molecule has 0 bridgehead atoms. The van der Waals surface area contributed by atoms with Crippen molar-refractivity contribution in [2.75, 3.05) is 0 Å². The van der Waals surface area contributed by atoms with Gasteiger partial charge in [-0.15, -0.1) is 0 Å². The van der Waals surface area contributed by atoms with Gasteiger partial charge in [-0.1, -0.05) is 24.3 Å². The van der Waals surface area contributed by atoms with Crippen LogP contribution >= 0.6 is 0 Å². The zero-order valence-corrected chi connectivity index (χ0v) is 12.8. The van der Waals surface area contributed by atoms with E-state index in [1.54, 1.807) is 6.07 Å². The number of ether oxygens (including phenoxy) is 1. The molecule has 3 nitrogen and oxygen atoms in total. The van der Waals surface area contributed by atoms with Crippen LogP contribution in [0.4, 0.5) is 0 Å². The van der Waals surface area contributed by atoms with Gasteiger partial charge in [0.2, 0.25) is 0 Å². The Bertz CT molecular complexity index is 1010.